The van der Waals surface area contributed by atoms with Gasteiger partial charge in [0, 0.05) is 19.0 Å². The summed E-state index contributed by atoms with van der Waals surface area (Å²) in [4.78, 5) is 49.6. The van der Waals surface area contributed by atoms with E-state index in [2.05, 4.69) is 23.3 Å². The minimum absolute atomic E-state index is 0.0246. The normalized spacial score (nSPS) is 28.9. The predicted molar refractivity (Wildman–Crippen MR) is 129 cm³/mol. The summed E-state index contributed by atoms with van der Waals surface area (Å²) in [6.07, 6.45) is -0.143. The van der Waals surface area contributed by atoms with Gasteiger partial charge in [0.1, 0.15) is 12.6 Å². The Kier molecular flexibility index (Phi) is 6.76. The van der Waals surface area contributed by atoms with Gasteiger partial charge in [-0.25, -0.2) is 4.79 Å². The Labute approximate surface area is 209 Å². The summed E-state index contributed by atoms with van der Waals surface area (Å²) in [5, 5.41) is 16.1. The molecule has 1 aliphatic carbocycles. The van der Waals surface area contributed by atoms with Gasteiger partial charge in [-0.05, 0) is 35.7 Å². The molecule has 11 heteroatoms. The Morgan fingerprint density at radius 2 is 2.03 bits per heavy atom. The molecule has 1 aromatic rings. The van der Waals surface area contributed by atoms with E-state index in [0.29, 0.717) is 19.5 Å². The maximum atomic E-state index is 13.5. The van der Waals surface area contributed by atoms with E-state index in [0.717, 1.165) is 5.56 Å². The van der Waals surface area contributed by atoms with Crippen molar-refractivity contribution in [1.29, 1.82) is 0 Å². The summed E-state index contributed by atoms with van der Waals surface area (Å²) >= 11 is 4.03. The molecular formula is C24H32N4O6S. The number of benzene rings is 1. The van der Waals surface area contributed by atoms with Crippen molar-refractivity contribution in [3.8, 4) is 0 Å². The molecule has 0 spiro atoms. The molecule has 0 unspecified atom stereocenters. The highest BCUT2D eigenvalue weighted by Crippen LogP contribution is 2.65. The standard InChI is InChI=1S/C24H32N4O6S/c1-23(2)15-11-28(22(32)34-12-13-6-4-3-5-7-13)18(17(15)23)20(30)27-16(24(33,35)21(25)31)10-14-8-9-26-19(14)29/h3-7,14-18,33,35H,8-12H2,1-2H3,(H2,25,31)(H,26,29)(H,27,30)/t14-,15-,16-,17-,18-,24-/m0/s1. The minimum Gasteiger partial charge on any atom is -0.445 e. The Balaban J connectivity index is 1.50. The minimum atomic E-state index is -2.38. The first kappa shape index (κ1) is 25.3. The van der Waals surface area contributed by atoms with Gasteiger partial charge >= 0.3 is 6.09 Å². The topological polar surface area (TPSA) is 151 Å². The lowest BCUT2D eigenvalue weighted by Crippen LogP contribution is -2.60. The summed E-state index contributed by atoms with van der Waals surface area (Å²) in [5.74, 6) is -2.42. The number of amides is 4. The van der Waals surface area contributed by atoms with E-state index in [4.69, 9.17) is 10.5 Å². The number of carbonyl (C=O) groups excluding carboxylic acids is 4. The lowest BCUT2D eigenvalue weighted by atomic mass is 9.93. The van der Waals surface area contributed by atoms with E-state index in [9.17, 15) is 24.3 Å². The van der Waals surface area contributed by atoms with Gasteiger partial charge < -0.3 is 26.2 Å². The molecule has 0 bridgehead atoms. The molecule has 3 fully saturated rings. The third-order valence-corrected chi connectivity index (χ3v) is 8.30. The zero-order valence-electron chi connectivity index (χ0n) is 19.8. The van der Waals surface area contributed by atoms with Crippen molar-refractivity contribution in [3.05, 3.63) is 35.9 Å². The summed E-state index contributed by atoms with van der Waals surface area (Å²) in [6.45, 7) is 4.97. The summed E-state index contributed by atoms with van der Waals surface area (Å²) in [6, 6.07) is 7.14. The molecule has 3 aliphatic rings. The number of aliphatic hydroxyl groups is 1. The number of ether oxygens (including phenoxy) is 1. The first-order chi connectivity index (χ1) is 16.4. The second kappa shape index (κ2) is 9.34. The zero-order chi connectivity index (χ0) is 25.5. The van der Waals surface area contributed by atoms with E-state index >= 15 is 0 Å². The van der Waals surface area contributed by atoms with E-state index < -0.39 is 40.8 Å². The van der Waals surface area contributed by atoms with Crippen molar-refractivity contribution < 1.29 is 29.0 Å². The average Bonchev–Trinajstić information content (AvgIpc) is 3.17. The number of primary amides is 1. The number of thiol groups is 1. The fraction of sp³-hybridized carbons (Fsp3) is 0.583. The third-order valence-electron chi connectivity index (χ3n) is 7.76. The van der Waals surface area contributed by atoms with Crippen molar-refractivity contribution >= 4 is 36.4 Å². The van der Waals surface area contributed by atoms with Crippen LogP contribution in [0.1, 0.15) is 32.3 Å². The van der Waals surface area contributed by atoms with Crippen LogP contribution in [0.2, 0.25) is 0 Å². The fourth-order valence-electron chi connectivity index (χ4n) is 5.48. The van der Waals surface area contributed by atoms with Crippen LogP contribution in [0, 0.1) is 23.2 Å². The van der Waals surface area contributed by atoms with E-state index in [1.54, 1.807) is 0 Å². The van der Waals surface area contributed by atoms with Gasteiger partial charge in [0.05, 0.1) is 6.04 Å². The van der Waals surface area contributed by atoms with Crippen LogP contribution in [0.3, 0.4) is 0 Å². The molecule has 4 rings (SSSR count). The lowest BCUT2D eigenvalue weighted by molar-refractivity contribution is -0.135. The Morgan fingerprint density at radius 3 is 2.63 bits per heavy atom. The molecule has 35 heavy (non-hydrogen) atoms. The van der Waals surface area contributed by atoms with Crippen molar-refractivity contribution in [2.75, 3.05) is 13.1 Å². The summed E-state index contributed by atoms with van der Waals surface area (Å²) in [5.41, 5.74) is 6.03. The number of likely N-dealkylation sites (tertiary alicyclic amines) is 1. The Hall–Kier alpha value is -2.79. The SMILES string of the molecule is CC1(C)[C@@H]2[C@@H](C(=O)N[C@@H](C[C@@H]3CCNC3=O)[C@](O)(S)C(N)=O)N(C(=O)OCc3ccccc3)C[C@@H]21. The quantitative estimate of drug-likeness (QED) is 0.255. The van der Waals surface area contributed by atoms with Crippen LogP contribution in [0.4, 0.5) is 4.79 Å². The van der Waals surface area contributed by atoms with E-state index in [1.807, 2.05) is 44.2 Å². The van der Waals surface area contributed by atoms with Crippen molar-refractivity contribution in [2.45, 2.75) is 50.3 Å². The molecule has 2 heterocycles. The number of carbonyl (C=O) groups is 4. The van der Waals surface area contributed by atoms with Crippen molar-refractivity contribution in [3.63, 3.8) is 0 Å². The number of nitrogens with one attached hydrogen (secondary N) is 2. The molecule has 10 nitrogen and oxygen atoms in total. The average molecular weight is 505 g/mol. The van der Waals surface area contributed by atoms with Gasteiger partial charge in [-0.1, -0.05) is 44.2 Å². The van der Waals surface area contributed by atoms with Crippen LogP contribution in [0.25, 0.3) is 0 Å². The van der Waals surface area contributed by atoms with Crippen molar-refractivity contribution in [2.24, 2.45) is 28.9 Å². The molecule has 5 N–H and O–H groups in total. The predicted octanol–water partition coefficient (Wildman–Crippen LogP) is 0.394. The fourth-order valence-corrected chi connectivity index (χ4v) is 5.65. The second-order valence-electron chi connectivity index (χ2n) is 10.3. The molecule has 4 amide bonds. The third kappa shape index (κ3) is 4.84. The second-order valence-corrected chi connectivity index (χ2v) is 10.9. The first-order valence-corrected chi connectivity index (χ1v) is 12.2. The monoisotopic (exact) mass is 504 g/mol. The molecule has 6 atom stereocenters. The molecule has 2 saturated heterocycles. The molecule has 1 saturated carbocycles. The summed E-state index contributed by atoms with van der Waals surface area (Å²) < 4.78 is 5.48. The van der Waals surface area contributed by atoms with E-state index in [-0.39, 0.29) is 36.2 Å². The van der Waals surface area contributed by atoms with Gasteiger partial charge in [0.2, 0.25) is 16.7 Å². The number of rotatable bonds is 8. The van der Waals surface area contributed by atoms with Crippen LogP contribution in [-0.4, -0.2) is 63.9 Å². The van der Waals surface area contributed by atoms with Gasteiger partial charge in [-0.2, -0.15) is 0 Å². The number of hydrogen-bond donors (Lipinski definition) is 5. The molecule has 190 valence electrons. The van der Waals surface area contributed by atoms with Gasteiger partial charge in [0.25, 0.3) is 5.91 Å². The summed E-state index contributed by atoms with van der Waals surface area (Å²) in [7, 11) is 0. The maximum absolute atomic E-state index is 13.5. The molecule has 0 radical (unpaired) electrons. The molecular weight excluding hydrogens is 472 g/mol. The molecule has 1 aromatic carbocycles. The van der Waals surface area contributed by atoms with Gasteiger partial charge in [-0.15, -0.1) is 12.6 Å². The van der Waals surface area contributed by atoms with E-state index in [1.165, 1.54) is 4.90 Å². The van der Waals surface area contributed by atoms with Crippen LogP contribution in [0.15, 0.2) is 30.3 Å². The number of piperidine rings is 1. The van der Waals surface area contributed by atoms with Gasteiger partial charge in [-0.3, -0.25) is 19.3 Å². The van der Waals surface area contributed by atoms with Crippen LogP contribution >= 0.6 is 12.6 Å². The van der Waals surface area contributed by atoms with Crippen LogP contribution < -0.4 is 16.4 Å². The molecule has 0 aromatic heterocycles. The highest BCUT2D eigenvalue weighted by molar-refractivity contribution is 7.82. The number of fused-ring (bicyclic) bond motifs is 1. The Bertz CT molecular complexity index is 1020. The van der Waals surface area contributed by atoms with Crippen LogP contribution in [-0.2, 0) is 25.7 Å². The zero-order valence-corrected chi connectivity index (χ0v) is 20.7. The maximum Gasteiger partial charge on any atom is 0.410 e. The highest BCUT2D eigenvalue weighted by Gasteiger charge is 2.70. The smallest absolute Gasteiger partial charge is 0.410 e. The van der Waals surface area contributed by atoms with Gasteiger partial charge in [0.15, 0.2) is 0 Å². The number of hydrogen-bond acceptors (Lipinski definition) is 7. The first-order valence-electron chi connectivity index (χ1n) is 11.7. The molecule has 2 aliphatic heterocycles. The Morgan fingerprint density at radius 1 is 1.34 bits per heavy atom. The number of nitrogens with two attached hydrogens (primary N) is 1. The number of nitrogens with zero attached hydrogens (tertiary/aromatic N) is 1. The highest BCUT2D eigenvalue weighted by atomic mass is 32.1. The van der Waals surface area contributed by atoms with Crippen molar-refractivity contribution in [1.82, 2.24) is 15.5 Å². The van der Waals surface area contributed by atoms with Crippen LogP contribution in [0.5, 0.6) is 0 Å². The largest absolute Gasteiger partial charge is 0.445 e. The lowest BCUT2D eigenvalue weighted by Gasteiger charge is -2.34.